The van der Waals surface area contributed by atoms with Crippen molar-refractivity contribution in [3.8, 4) is 11.3 Å². The summed E-state index contributed by atoms with van der Waals surface area (Å²) in [7, 11) is 0. The fourth-order valence-corrected chi connectivity index (χ4v) is 4.85. The van der Waals surface area contributed by atoms with Crippen LogP contribution in [0.3, 0.4) is 0 Å². The van der Waals surface area contributed by atoms with Gasteiger partial charge in [0.1, 0.15) is 17.3 Å². The Labute approximate surface area is 207 Å². The summed E-state index contributed by atoms with van der Waals surface area (Å²) in [5.74, 6) is 0.657. The highest BCUT2D eigenvalue weighted by Gasteiger charge is 2.33. The number of amidine groups is 1. The molecule has 3 aromatic carbocycles. The lowest BCUT2D eigenvalue weighted by Crippen LogP contribution is -2.30. The van der Waals surface area contributed by atoms with Crippen LogP contribution in [0.4, 0.5) is 10.1 Å². The molecule has 4 aromatic rings. The molecule has 0 atom stereocenters. The first-order chi connectivity index (χ1) is 17.2. The molecule has 0 bridgehead atoms. The molecule has 1 aliphatic rings. The van der Waals surface area contributed by atoms with Gasteiger partial charge in [0.2, 0.25) is 0 Å². The second-order valence-corrected chi connectivity index (χ2v) is 9.11. The normalized spacial score (nSPS) is 15.9. The molecule has 0 radical (unpaired) electrons. The molecule has 6 heteroatoms. The maximum atomic E-state index is 13.6. The molecular weight excluding hydrogens is 459 g/mol. The monoisotopic (exact) mass is 482 g/mol. The maximum absolute atomic E-state index is 13.6. The largest absolute Gasteiger partial charge is 0.457 e. The van der Waals surface area contributed by atoms with Gasteiger partial charge >= 0.3 is 0 Å². The van der Waals surface area contributed by atoms with Gasteiger partial charge in [-0.2, -0.15) is 0 Å². The minimum absolute atomic E-state index is 0.0959. The van der Waals surface area contributed by atoms with E-state index in [0.717, 1.165) is 18.5 Å². The summed E-state index contributed by atoms with van der Waals surface area (Å²) in [5.41, 5.74) is 2.68. The Hall–Kier alpha value is -3.90. The van der Waals surface area contributed by atoms with Gasteiger partial charge in [-0.25, -0.2) is 9.38 Å². The lowest BCUT2D eigenvalue weighted by molar-refractivity contribution is -0.122. The van der Waals surface area contributed by atoms with E-state index in [2.05, 4.69) is 12.1 Å². The van der Waals surface area contributed by atoms with Crippen LogP contribution >= 0.6 is 11.8 Å². The highest BCUT2D eigenvalue weighted by molar-refractivity contribution is 8.18. The molecule has 2 heterocycles. The molecule has 1 amide bonds. The summed E-state index contributed by atoms with van der Waals surface area (Å²) in [6.45, 7) is 0.566. The minimum Gasteiger partial charge on any atom is -0.457 e. The van der Waals surface area contributed by atoms with Crippen molar-refractivity contribution in [1.29, 1.82) is 0 Å². The first-order valence-electron chi connectivity index (χ1n) is 11.4. The molecule has 35 heavy (non-hydrogen) atoms. The molecule has 0 spiro atoms. The lowest BCUT2D eigenvalue weighted by atomic mass is 10.1. The van der Waals surface area contributed by atoms with E-state index in [1.807, 2.05) is 48.5 Å². The zero-order valence-electron chi connectivity index (χ0n) is 18.9. The van der Waals surface area contributed by atoms with Crippen molar-refractivity contribution < 1.29 is 13.6 Å². The van der Waals surface area contributed by atoms with Crippen molar-refractivity contribution in [2.24, 2.45) is 4.99 Å². The Morgan fingerprint density at radius 1 is 0.914 bits per heavy atom. The number of hydrogen-bond acceptors (Lipinski definition) is 4. The molecule has 0 aliphatic carbocycles. The number of furan rings is 1. The second kappa shape index (κ2) is 10.6. The van der Waals surface area contributed by atoms with Gasteiger partial charge in [0.25, 0.3) is 5.91 Å². The highest BCUT2D eigenvalue weighted by atomic mass is 32.2. The van der Waals surface area contributed by atoms with Crippen LogP contribution in [0.5, 0.6) is 0 Å². The average Bonchev–Trinajstić information content (AvgIpc) is 3.46. The van der Waals surface area contributed by atoms with Gasteiger partial charge in [0.05, 0.1) is 10.6 Å². The van der Waals surface area contributed by atoms with Crippen LogP contribution in [0.15, 0.2) is 111 Å². The van der Waals surface area contributed by atoms with E-state index in [1.54, 1.807) is 35.2 Å². The summed E-state index contributed by atoms with van der Waals surface area (Å²) >= 11 is 1.34. The summed E-state index contributed by atoms with van der Waals surface area (Å²) in [6, 6.07) is 29.7. The Morgan fingerprint density at radius 2 is 1.69 bits per heavy atom. The Kier molecular flexibility index (Phi) is 6.91. The fourth-order valence-electron chi connectivity index (χ4n) is 3.84. The van der Waals surface area contributed by atoms with Crippen molar-refractivity contribution in [3.05, 3.63) is 119 Å². The number of para-hydroxylation sites is 1. The quantitative estimate of drug-likeness (QED) is 0.259. The number of aryl methyl sites for hydroxylation is 1. The highest BCUT2D eigenvalue weighted by Crippen LogP contribution is 2.35. The third kappa shape index (κ3) is 5.61. The van der Waals surface area contributed by atoms with Crippen molar-refractivity contribution in [1.82, 2.24) is 4.90 Å². The first-order valence-corrected chi connectivity index (χ1v) is 12.2. The predicted octanol–water partition coefficient (Wildman–Crippen LogP) is 7.32. The molecule has 1 saturated heterocycles. The van der Waals surface area contributed by atoms with Gasteiger partial charge in [-0.15, -0.1) is 0 Å². The van der Waals surface area contributed by atoms with E-state index in [1.165, 1.54) is 29.5 Å². The van der Waals surface area contributed by atoms with Crippen LogP contribution in [0.1, 0.15) is 17.7 Å². The van der Waals surface area contributed by atoms with E-state index in [9.17, 15) is 9.18 Å². The Bertz CT molecular complexity index is 1380. The summed E-state index contributed by atoms with van der Waals surface area (Å²) < 4.78 is 19.5. The van der Waals surface area contributed by atoms with Gasteiger partial charge in [-0.3, -0.25) is 9.69 Å². The standard InChI is InChI=1S/C29H23FN2O2S/c30-23-13-7-12-22(19-23)26-17-16-25(34-26)20-27-28(33)32(18-8-11-21-9-3-1-4-10-21)29(35-27)31-24-14-5-2-6-15-24/h1-7,9-10,12-17,19-20H,8,11,18H2/b27-20-,31-29?. The number of amides is 1. The molecule has 1 aromatic heterocycles. The van der Waals surface area contributed by atoms with Crippen LogP contribution in [0.2, 0.25) is 0 Å². The third-order valence-corrected chi connectivity index (χ3v) is 6.57. The predicted molar refractivity (Wildman–Crippen MR) is 140 cm³/mol. The van der Waals surface area contributed by atoms with Gasteiger partial charge in [0, 0.05) is 18.2 Å². The minimum atomic E-state index is -0.326. The summed E-state index contributed by atoms with van der Waals surface area (Å²) in [6.07, 6.45) is 3.43. The first kappa shape index (κ1) is 22.9. The van der Waals surface area contributed by atoms with E-state index in [-0.39, 0.29) is 11.7 Å². The average molecular weight is 483 g/mol. The maximum Gasteiger partial charge on any atom is 0.266 e. The van der Waals surface area contributed by atoms with E-state index >= 15 is 0 Å². The zero-order valence-corrected chi connectivity index (χ0v) is 19.7. The number of halogens is 1. The number of carbonyl (C=O) groups excluding carboxylic acids is 1. The van der Waals surface area contributed by atoms with E-state index < -0.39 is 0 Å². The van der Waals surface area contributed by atoms with Crippen LogP contribution < -0.4 is 0 Å². The number of rotatable bonds is 7. The molecule has 1 aliphatic heterocycles. The van der Waals surface area contributed by atoms with E-state index in [0.29, 0.717) is 33.7 Å². The summed E-state index contributed by atoms with van der Waals surface area (Å²) in [5, 5.41) is 0.650. The van der Waals surface area contributed by atoms with E-state index in [4.69, 9.17) is 9.41 Å². The number of thioether (sulfide) groups is 1. The molecule has 0 saturated carbocycles. The lowest BCUT2D eigenvalue weighted by Gasteiger charge is -2.15. The fraction of sp³-hybridized carbons (Fsp3) is 0.103. The molecule has 4 nitrogen and oxygen atoms in total. The third-order valence-electron chi connectivity index (χ3n) is 5.57. The molecule has 0 unspecified atom stereocenters. The van der Waals surface area contributed by atoms with Gasteiger partial charge < -0.3 is 4.42 Å². The number of nitrogens with zero attached hydrogens (tertiary/aromatic N) is 2. The number of carbonyl (C=O) groups is 1. The number of aliphatic imine (C=N–C) groups is 1. The topological polar surface area (TPSA) is 45.8 Å². The smallest absolute Gasteiger partial charge is 0.266 e. The number of benzene rings is 3. The zero-order chi connectivity index (χ0) is 24.0. The second-order valence-electron chi connectivity index (χ2n) is 8.10. The SMILES string of the molecule is O=C1/C(=C/c2ccc(-c3cccc(F)c3)o2)SC(=Nc2ccccc2)N1CCCc1ccccc1. The van der Waals surface area contributed by atoms with Crippen LogP contribution in [0, 0.1) is 5.82 Å². The molecular formula is C29H23FN2O2S. The molecule has 0 N–H and O–H groups in total. The Morgan fingerprint density at radius 3 is 2.46 bits per heavy atom. The van der Waals surface area contributed by atoms with Crippen molar-refractivity contribution >= 4 is 34.6 Å². The van der Waals surface area contributed by atoms with Gasteiger partial charge in [-0.1, -0.05) is 60.7 Å². The Balaban J connectivity index is 1.38. The van der Waals surface area contributed by atoms with Crippen LogP contribution in [-0.2, 0) is 11.2 Å². The summed E-state index contributed by atoms with van der Waals surface area (Å²) in [4.78, 5) is 20.4. The van der Waals surface area contributed by atoms with Crippen LogP contribution in [-0.4, -0.2) is 22.5 Å². The van der Waals surface area contributed by atoms with Crippen molar-refractivity contribution in [2.75, 3.05) is 6.54 Å². The molecule has 5 rings (SSSR count). The molecule has 174 valence electrons. The van der Waals surface area contributed by atoms with Crippen molar-refractivity contribution in [2.45, 2.75) is 12.8 Å². The van der Waals surface area contributed by atoms with Crippen LogP contribution in [0.25, 0.3) is 17.4 Å². The van der Waals surface area contributed by atoms with Gasteiger partial charge in [0.15, 0.2) is 5.17 Å². The van der Waals surface area contributed by atoms with Crippen molar-refractivity contribution in [3.63, 3.8) is 0 Å². The molecule has 1 fully saturated rings. The van der Waals surface area contributed by atoms with Gasteiger partial charge in [-0.05, 0) is 66.6 Å². The number of hydrogen-bond donors (Lipinski definition) is 0.